The van der Waals surface area contributed by atoms with Gasteiger partial charge in [-0.05, 0) is 81.2 Å². The second-order valence-electron chi connectivity index (χ2n) is 10.7. The third kappa shape index (κ3) is 5.01. The molecule has 0 radical (unpaired) electrons. The van der Waals surface area contributed by atoms with Crippen LogP contribution in [0.25, 0.3) is 0 Å². The molecule has 0 aliphatic heterocycles. The first-order valence-corrected chi connectivity index (χ1v) is 14.7. The standard InChI is InChI=1S/C30H33NO6S/c1-17-14-18(2)29(19(3)15-17)38(35,36)31-22-9-7-8-21(16-22)25(20-12-13-20)27-28(33)26-23(32)10-5-4-6-11-24(26)37-30(27)34/h7-9,14-16,20,25,31,33H,4-6,10-13H2,1-3H3. The number of fused-ring (bicyclic) bond motifs is 1. The molecule has 2 aromatic carbocycles. The molecule has 2 N–H and O–H groups in total. The summed E-state index contributed by atoms with van der Waals surface area (Å²) in [5.41, 5.74) is 2.94. The summed E-state index contributed by atoms with van der Waals surface area (Å²) in [4.78, 5) is 26.4. The molecule has 38 heavy (non-hydrogen) atoms. The van der Waals surface area contributed by atoms with E-state index in [2.05, 4.69) is 4.72 Å². The highest BCUT2D eigenvalue weighted by atomic mass is 32.2. The lowest BCUT2D eigenvalue weighted by atomic mass is 9.85. The number of Topliss-reactive ketones (excluding diaryl/α,β-unsaturated/α-hetero) is 1. The molecule has 0 bridgehead atoms. The van der Waals surface area contributed by atoms with E-state index in [0.717, 1.165) is 37.7 Å². The maximum atomic E-state index is 13.4. The van der Waals surface area contributed by atoms with Crippen LogP contribution in [0.5, 0.6) is 5.75 Å². The first kappa shape index (κ1) is 26.2. The Morgan fingerprint density at radius 2 is 1.66 bits per heavy atom. The van der Waals surface area contributed by atoms with Gasteiger partial charge in [-0.15, -0.1) is 0 Å². The monoisotopic (exact) mass is 535 g/mol. The molecule has 200 valence electrons. The average Bonchev–Trinajstić information content (AvgIpc) is 3.64. The minimum Gasteiger partial charge on any atom is -0.506 e. The van der Waals surface area contributed by atoms with Crippen molar-refractivity contribution in [2.45, 2.75) is 76.5 Å². The highest BCUT2D eigenvalue weighted by Gasteiger charge is 2.39. The number of sulfonamides is 1. The highest BCUT2D eigenvalue weighted by molar-refractivity contribution is 7.92. The number of nitrogens with one attached hydrogen (secondary N) is 1. The first-order chi connectivity index (χ1) is 18.1. The van der Waals surface area contributed by atoms with Gasteiger partial charge in [0.25, 0.3) is 10.0 Å². The molecule has 2 aliphatic rings. The molecule has 1 unspecified atom stereocenters. The van der Waals surface area contributed by atoms with Gasteiger partial charge in [0, 0.05) is 24.4 Å². The van der Waals surface area contributed by atoms with Crippen molar-refractivity contribution in [1.29, 1.82) is 0 Å². The number of rotatable bonds is 6. The number of aryl methyl sites for hydroxylation is 4. The van der Waals surface area contributed by atoms with Crippen molar-refractivity contribution < 1.29 is 22.7 Å². The van der Waals surface area contributed by atoms with Gasteiger partial charge in [0.1, 0.15) is 11.5 Å². The fourth-order valence-corrected chi connectivity index (χ4v) is 7.39. The Kier molecular flexibility index (Phi) is 6.94. The predicted octanol–water partition coefficient (Wildman–Crippen LogP) is 5.91. The third-order valence-corrected chi connectivity index (χ3v) is 9.25. The predicted molar refractivity (Wildman–Crippen MR) is 146 cm³/mol. The Bertz CT molecular complexity index is 1560. The summed E-state index contributed by atoms with van der Waals surface area (Å²) in [5.74, 6) is -0.652. The van der Waals surface area contributed by atoms with Crippen LogP contribution < -0.4 is 10.3 Å². The molecule has 1 atom stereocenters. The zero-order chi connectivity index (χ0) is 27.2. The molecule has 8 heteroatoms. The van der Waals surface area contributed by atoms with Crippen LogP contribution in [0.2, 0.25) is 0 Å². The topological polar surface area (TPSA) is 114 Å². The molecule has 3 aromatic rings. The summed E-state index contributed by atoms with van der Waals surface area (Å²) in [5, 5.41) is 11.3. The molecule has 0 amide bonds. The molecule has 0 saturated heterocycles. The molecular weight excluding hydrogens is 502 g/mol. The number of benzene rings is 2. The Morgan fingerprint density at radius 3 is 2.34 bits per heavy atom. The van der Waals surface area contributed by atoms with Crippen molar-refractivity contribution in [3.05, 3.63) is 86.0 Å². The molecule has 2 aliphatic carbocycles. The van der Waals surface area contributed by atoms with Gasteiger partial charge in [0.2, 0.25) is 0 Å². The second-order valence-corrected chi connectivity index (χ2v) is 12.3. The number of ketones is 1. The second kappa shape index (κ2) is 10.1. The summed E-state index contributed by atoms with van der Waals surface area (Å²) in [6.07, 6.45) is 4.84. The zero-order valence-corrected chi connectivity index (χ0v) is 22.8. The molecule has 1 heterocycles. The number of aromatic hydroxyl groups is 1. The lowest BCUT2D eigenvalue weighted by Gasteiger charge is -2.21. The van der Waals surface area contributed by atoms with E-state index in [4.69, 9.17) is 4.42 Å². The maximum absolute atomic E-state index is 13.4. The van der Waals surface area contributed by atoms with Crippen molar-refractivity contribution in [2.24, 2.45) is 5.92 Å². The average molecular weight is 536 g/mol. The first-order valence-electron chi connectivity index (χ1n) is 13.2. The Labute approximate surface area is 223 Å². The number of anilines is 1. The van der Waals surface area contributed by atoms with Gasteiger partial charge in [-0.3, -0.25) is 9.52 Å². The van der Waals surface area contributed by atoms with Crippen LogP contribution >= 0.6 is 0 Å². The Hall–Kier alpha value is -3.39. The van der Waals surface area contributed by atoms with E-state index in [1.807, 2.05) is 25.1 Å². The van der Waals surface area contributed by atoms with Gasteiger partial charge in [0.15, 0.2) is 5.78 Å². The fraction of sp³-hybridized carbons (Fsp3) is 0.400. The van der Waals surface area contributed by atoms with Crippen molar-refractivity contribution >= 4 is 21.5 Å². The molecule has 5 rings (SSSR count). The normalized spacial score (nSPS) is 16.9. The van der Waals surface area contributed by atoms with Crippen molar-refractivity contribution in [2.75, 3.05) is 4.72 Å². The van der Waals surface area contributed by atoms with Crippen LogP contribution in [0.15, 0.2) is 50.5 Å². The SMILES string of the molecule is Cc1cc(C)c(S(=O)(=O)Nc2cccc(C(c3c(O)c4c(oc3=O)CCCCCC4=O)C3CC3)c2)c(C)c1. The number of hydrogen-bond acceptors (Lipinski definition) is 6. The lowest BCUT2D eigenvalue weighted by molar-refractivity contribution is 0.0968. The van der Waals surface area contributed by atoms with E-state index in [0.29, 0.717) is 35.2 Å². The van der Waals surface area contributed by atoms with E-state index < -0.39 is 21.6 Å². The smallest absolute Gasteiger partial charge is 0.343 e. The molecular formula is C30H33NO6S. The molecule has 0 spiro atoms. The van der Waals surface area contributed by atoms with Gasteiger partial charge in [-0.1, -0.05) is 36.2 Å². The fourth-order valence-electron chi connectivity index (χ4n) is 5.89. The van der Waals surface area contributed by atoms with Crippen LogP contribution in [0, 0.1) is 26.7 Å². The van der Waals surface area contributed by atoms with Crippen LogP contribution in [0.1, 0.15) is 88.4 Å². The van der Waals surface area contributed by atoms with Crippen molar-refractivity contribution in [3.8, 4) is 5.75 Å². The van der Waals surface area contributed by atoms with Gasteiger partial charge >= 0.3 is 5.63 Å². The van der Waals surface area contributed by atoms with Crippen LogP contribution in [-0.4, -0.2) is 19.3 Å². The van der Waals surface area contributed by atoms with Crippen molar-refractivity contribution in [3.63, 3.8) is 0 Å². The molecule has 1 fully saturated rings. The van der Waals surface area contributed by atoms with Crippen LogP contribution in [-0.2, 0) is 16.4 Å². The number of carbonyl (C=O) groups is 1. The van der Waals surface area contributed by atoms with E-state index in [9.17, 15) is 23.1 Å². The summed E-state index contributed by atoms with van der Waals surface area (Å²) in [7, 11) is -3.87. The number of carbonyl (C=O) groups excluding carboxylic acids is 1. The highest BCUT2D eigenvalue weighted by Crippen LogP contribution is 2.49. The van der Waals surface area contributed by atoms with Crippen molar-refractivity contribution in [1.82, 2.24) is 0 Å². The minimum absolute atomic E-state index is 0.0824. The summed E-state index contributed by atoms with van der Waals surface area (Å²) in [6, 6.07) is 10.6. The van der Waals surface area contributed by atoms with E-state index in [1.54, 1.807) is 32.0 Å². The lowest BCUT2D eigenvalue weighted by Crippen LogP contribution is -2.21. The van der Waals surface area contributed by atoms with Gasteiger partial charge in [0.05, 0.1) is 16.0 Å². The Balaban J connectivity index is 1.56. The summed E-state index contributed by atoms with van der Waals surface area (Å²) < 4.78 is 35.1. The van der Waals surface area contributed by atoms with E-state index in [1.165, 1.54) is 0 Å². The molecule has 7 nitrogen and oxygen atoms in total. The van der Waals surface area contributed by atoms with Crippen LogP contribution in [0.4, 0.5) is 5.69 Å². The summed E-state index contributed by atoms with van der Waals surface area (Å²) >= 11 is 0. The quantitative estimate of drug-likeness (QED) is 0.405. The van der Waals surface area contributed by atoms with Gasteiger partial charge in [-0.2, -0.15) is 0 Å². The molecule has 1 aromatic heterocycles. The third-order valence-electron chi connectivity index (χ3n) is 7.57. The van der Waals surface area contributed by atoms with Gasteiger partial charge in [-0.25, -0.2) is 13.2 Å². The van der Waals surface area contributed by atoms with Crippen LogP contribution in [0.3, 0.4) is 0 Å². The number of hydrogen-bond donors (Lipinski definition) is 2. The minimum atomic E-state index is -3.87. The zero-order valence-electron chi connectivity index (χ0n) is 22.0. The summed E-state index contributed by atoms with van der Waals surface area (Å²) in [6.45, 7) is 5.48. The van der Waals surface area contributed by atoms with Gasteiger partial charge < -0.3 is 9.52 Å². The van der Waals surface area contributed by atoms with E-state index in [-0.39, 0.29) is 39.2 Å². The largest absolute Gasteiger partial charge is 0.506 e. The van der Waals surface area contributed by atoms with E-state index >= 15 is 0 Å². The maximum Gasteiger partial charge on any atom is 0.343 e. The Morgan fingerprint density at radius 1 is 0.974 bits per heavy atom. The molecule has 1 saturated carbocycles.